The highest BCUT2D eigenvalue weighted by molar-refractivity contribution is 6.40. The Labute approximate surface area is 224 Å². The smallest absolute Gasteiger partial charge is 0.303 e. The first-order valence-corrected chi connectivity index (χ1v) is 12.4. The van der Waals surface area contributed by atoms with Crippen LogP contribution in [-0.2, 0) is 37.0 Å². The summed E-state index contributed by atoms with van der Waals surface area (Å²) >= 11 is 12.3. The van der Waals surface area contributed by atoms with Crippen LogP contribution in [0.4, 0.5) is 5.69 Å². The van der Waals surface area contributed by atoms with Crippen molar-refractivity contribution in [2.24, 2.45) is 0 Å². The number of benzene rings is 2. The van der Waals surface area contributed by atoms with Crippen molar-refractivity contribution in [3.05, 3.63) is 81.9 Å². The zero-order chi connectivity index (χ0) is 26.5. The number of halogens is 2. The molecule has 1 aliphatic heterocycles. The fourth-order valence-corrected chi connectivity index (χ4v) is 4.31. The Balaban J connectivity index is 1.52. The van der Waals surface area contributed by atoms with Crippen LogP contribution in [0, 0.1) is 0 Å². The minimum atomic E-state index is -0.913. The van der Waals surface area contributed by atoms with Gasteiger partial charge < -0.3 is 29.2 Å². The number of aliphatic hydroxyl groups excluding tert-OH is 1. The van der Waals surface area contributed by atoms with E-state index >= 15 is 0 Å². The third-order valence-electron chi connectivity index (χ3n) is 5.91. The Kier molecular flexibility index (Phi) is 8.83. The maximum absolute atomic E-state index is 12.2. The third kappa shape index (κ3) is 6.88. The minimum Gasteiger partial charge on any atom is -0.453 e. The summed E-state index contributed by atoms with van der Waals surface area (Å²) in [7, 11) is 0. The number of aromatic nitrogens is 2. The van der Waals surface area contributed by atoms with Crippen molar-refractivity contribution < 1.29 is 28.9 Å². The Morgan fingerprint density at radius 2 is 1.81 bits per heavy atom. The normalized spacial score (nSPS) is 20.3. The number of anilines is 1. The zero-order valence-corrected chi connectivity index (χ0v) is 21.8. The molecule has 2 N–H and O–H groups in total. The van der Waals surface area contributed by atoms with Crippen molar-refractivity contribution >= 4 is 40.8 Å². The second kappa shape index (κ2) is 12.1. The number of amides is 1. The summed E-state index contributed by atoms with van der Waals surface area (Å²) in [6.07, 6.45) is -0.0272. The average molecular weight is 548 g/mol. The molecule has 0 spiro atoms. The Hall–Kier alpha value is -2.95. The van der Waals surface area contributed by atoms with Gasteiger partial charge in [-0.1, -0.05) is 59.6 Å². The molecule has 4 rings (SSSR count). The van der Waals surface area contributed by atoms with Crippen LogP contribution in [-0.4, -0.2) is 38.7 Å². The Morgan fingerprint density at radius 1 is 1.14 bits per heavy atom. The molecule has 1 saturated heterocycles. The first-order chi connectivity index (χ1) is 17.7. The van der Waals surface area contributed by atoms with Gasteiger partial charge in [-0.15, -0.1) is 0 Å². The predicted molar refractivity (Wildman–Crippen MR) is 137 cm³/mol. The van der Waals surface area contributed by atoms with Crippen molar-refractivity contribution in [1.82, 2.24) is 9.55 Å². The van der Waals surface area contributed by atoms with Crippen LogP contribution >= 0.6 is 23.2 Å². The maximum atomic E-state index is 12.2. The topological polar surface area (TPSA) is 112 Å². The molecule has 4 atom stereocenters. The molecule has 1 fully saturated rings. The van der Waals surface area contributed by atoms with Crippen molar-refractivity contribution in [3.63, 3.8) is 0 Å². The first kappa shape index (κ1) is 27.1. The van der Waals surface area contributed by atoms with Crippen LogP contribution in [0.25, 0.3) is 0 Å². The van der Waals surface area contributed by atoms with Gasteiger partial charge in [-0.25, -0.2) is 4.98 Å². The first-order valence-electron chi connectivity index (χ1n) is 11.7. The molecule has 9 nitrogen and oxygen atoms in total. The van der Waals surface area contributed by atoms with Crippen molar-refractivity contribution in [3.8, 4) is 0 Å². The van der Waals surface area contributed by atoms with Gasteiger partial charge in [-0.05, 0) is 30.2 Å². The summed E-state index contributed by atoms with van der Waals surface area (Å²) in [5.41, 5.74) is 3.05. The molecule has 196 valence electrons. The van der Waals surface area contributed by atoms with E-state index in [1.165, 1.54) is 13.8 Å². The van der Waals surface area contributed by atoms with Crippen molar-refractivity contribution in [2.75, 3.05) is 5.32 Å². The van der Waals surface area contributed by atoms with E-state index in [4.69, 9.17) is 37.4 Å². The summed E-state index contributed by atoms with van der Waals surface area (Å²) < 4.78 is 19.2. The Bertz CT molecular complexity index is 1230. The summed E-state index contributed by atoms with van der Waals surface area (Å²) in [5.74, 6) is -0.964. The van der Waals surface area contributed by atoms with Gasteiger partial charge in [0.2, 0.25) is 0 Å². The van der Waals surface area contributed by atoms with E-state index in [0.717, 1.165) is 16.7 Å². The molecule has 0 radical (unpaired) electrons. The number of imidazole rings is 1. The number of carbonyl (C=O) groups is 2. The van der Waals surface area contributed by atoms with Gasteiger partial charge in [-0.2, -0.15) is 0 Å². The fourth-order valence-electron chi connectivity index (χ4n) is 3.99. The highest BCUT2D eigenvalue weighted by atomic mass is 35.5. The van der Waals surface area contributed by atoms with Crippen LogP contribution in [0.2, 0.25) is 10.3 Å². The lowest BCUT2D eigenvalue weighted by Crippen LogP contribution is -2.32. The zero-order valence-electron chi connectivity index (χ0n) is 20.3. The van der Waals surface area contributed by atoms with E-state index in [0.29, 0.717) is 23.8 Å². The van der Waals surface area contributed by atoms with E-state index < -0.39 is 24.3 Å². The van der Waals surface area contributed by atoms with Crippen LogP contribution in [0.3, 0.4) is 0 Å². The number of carbonyl (C=O) groups excluding carboxylic acids is 2. The summed E-state index contributed by atoms with van der Waals surface area (Å²) in [6, 6.07) is 14.6. The molecule has 2 heterocycles. The molecular formula is C26H27Cl2N3O6. The molecule has 1 aromatic heterocycles. The molecule has 0 bridgehead atoms. The highest BCUT2D eigenvalue weighted by Gasteiger charge is 2.33. The van der Waals surface area contributed by atoms with Crippen molar-refractivity contribution in [2.45, 2.75) is 58.0 Å². The molecule has 37 heavy (non-hydrogen) atoms. The second-order valence-corrected chi connectivity index (χ2v) is 9.41. The molecule has 0 aliphatic carbocycles. The van der Waals surface area contributed by atoms with Gasteiger partial charge >= 0.3 is 5.97 Å². The maximum Gasteiger partial charge on any atom is 0.303 e. The molecule has 1 aliphatic rings. The summed E-state index contributed by atoms with van der Waals surface area (Å²) in [5, 5.41) is 12.7. The van der Waals surface area contributed by atoms with Crippen LogP contribution in [0.1, 0.15) is 49.4 Å². The quantitative estimate of drug-likeness (QED) is 0.389. The number of hydrogen-bond donors (Lipinski definition) is 2. The largest absolute Gasteiger partial charge is 0.453 e. The van der Waals surface area contributed by atoms with Crippen LogP contribution in [0.15, 0.2) is 54.9 Å². The van der Waals surface area contributed by atoms with Crippen molar-refractivity contribution in [1.29, 1.82) is 0 Å². The molecule has 0 saturated carbocycles. The summed E-state index contributed by atoms with van der Waals surface area (Å²) in [6.45, 7) is 3.13. The van der Waals surface area contributed by atoms with Gasteiger partial charge in [0.25, 0.3) is 5.91 Å². The second-order valence-electron chi connectivity index (χ2n) is 8.69. The molecule has 1 amide bonds. The molecule has 3 aromatic rings. The van der Waals surface area contributed by atoms with Crippen LogP contribution in [0.5, 0.6) is 0 Å². The molecule has 4 unspecified atom stereocenters. The SMILES string of the molecule is CC(=O)OC(C)C(=O)Nc1ccc(C2OC(Cn3cnc(Cl)c3Cl)CC(c3ccc(CO)cc3)O2)cc1. The number of ether oxygens (including phenoxy) is 3. The lowest BCUT2D eigenvalue weighted by molar-refractivity contribution is -0.252. The van der Waals surface area contributed by atoms with E-state index in [1.807, 2.05) is 24.3 Å². The van der Waals surface area contributed by atoms with Gasteiger partial charge in [0, 0.05) is 24.6 Å². The molecule has 11 heteroatoms. The Morgan fingerprint density at radius 3 is 2.41 bits per heavy atom. The van der Waals surface area contributed by atoms with E-state index in [1.54, 1.807) is 35.2 Å². The standard InChI is InChI=1S/C26H27Cl2N3O6/c1-15(35-16(2)33)25(34)30-20-9-7-19(8-10-20)26-36-21(12-31-14-29-23(27)24(31)28)11-22(37-26)18-5-3-17(13-32)4-6-18/h3-10,14-15,21-22,26,32H,11-13H2,1-2H3,(H,30,34). The highest BCUT2D eigenvalue weighted by Crippen LogP contribution is 2.39. The lowest BCUT2D eigenvalue weighted by atomic mass is 10.00. The minimum absolute atomic E-state index is 0.0391. The monoisotopic (exact) mass is 547 g/mol. The number of nitrogens with zero attached hydrogens (tertiary/aromatic N) is 2. The van der Waals surface area contributed by atoms with E-state index in [9.17, 15) is 14.7 Å². The molecular weight excluding hydrogens is 521 g/mol. The summed E-state index contributed by atoms with van der Waals surface area (Å²) in [4.78, 5) is 27.4. The van der Waals surface area contributed by atoms with E-state index in [-0.39, 0.29) is 24.0 Å². The van der Waals surface area contributed by atoms with Gasteiger partial charge in [0.1, 0.15) is 5.15 Å². The average Bonchev–Trinajstić information content (AvgIpc) is 3.20. The number of rotatable bonds is 8. The predicted octanol–water partition coefficient (Wildman–Crippen LogP) is 4.82. The number of nitrogens with one attached hydrogen (secondary N) is 1. The van der Waals surface area contributed by atoms with Gasteiger partial charge in [0.15, 0.2) is 17.5 Å². The van der Waals surface area contributed by atoms with Crippen LogP contribution < -0.4 is 5.32 Å². The molecule has 2 aromatic carbocycles. The number of aliphatic hydroxyl groups is 1. The third-order valence-corrected chi connectivity index (χ3v) is 6.68. The van der Waals surface area contributed by atoms with Gasteiger partial charge in [0.05, 0.1) is 31.7 Å². The van der Waals surface area contributed by atoms with Gasteiger partial charge in [-0.3, -0.25) is 9.59 Å². The van der Waals surface area contributed by atoms with E-state index in [2.05, 4.69) is 10.3 Å². The lowest BCUT2D eigenvalue weighted by Gasteiger charge is -2.36. The number of hydrogen-bond acceptors (Lipinski definition) is 7. The number of esters is 1. The fraction of sp³-hybridized carbons (Fsp3) is 0.346.